The molecule has 6 heteroatoms. The third-order valence-corrected chi connectivity index (χ3v) is 3.04. The Morgan fingerprint density at radius 3 is 2.89 bits per heavy atom. The number of nitrogens with two attached hydrogens (primary N) is 1. The zero-order chi connectivity index (χ0) is 13.5. The molecule has 0 radical (unpaired) electrons. The molecule has 1 rings (SSSR count). The highest BCUT2D eigenvalue weighted by atomic mass is 32.2. The monoisotopic (exact) mass is 271 g/mol. The second-order valence-corrected chi connectivity index (χ2v) is 4.66. The Balaban J connectivity index is 2.96. The van der Waals surface area contributed by atoms with Gasteiger partial charge in [0.05, 0.1) is 0 Å². The minimum absolute atomic E-state index is 0.0269. The second-order valence-electron chi connectivity index (χ2n) is 3.49. The van der Waals surface area contributed by atoms with E-state index in [1.54, 1.807) is 6.07 Å². The molecule has 0 aliphatic rings. The molecule has 0 atom stereocenters. The third-order valence-electron chi connectivity index (χ3n) is 2.03. The van der Waals surface area contributed by atoms with E-state index in [-0.39, 0.29) is 12.4 Å². The first kappa shape index (κ1) is 14.7. The average molecular weight is 271 g/mol. The molecule has 1 aromatic rings. The highest BCUT2D eigenvalue weighted by Gasteiger charge is 2.12. The van der Waals surface area contributed by atoms with Crippen LogP contribution in [0.15, 0.2) is 23.6 Å². The van der Waals surface area contributed by atoms with Crippen molar-refractivity contribution in [3.05, 3.63) is 30.1 Å². The minimum Gasteiger partial charge on any atom is -0.476 e. The normalized spacial score (nSPS) is 10.2. The van der Waals surface area contributed by atoms with E-state index in [0.717, 1.165) is 4.90 Å². The van der Waals surface area contributed by atoms with Crippen LogP contribution in [0.4, 0.5) is 4.39 Å². The highest BCUT2D eigenvalue weighted by Crippen LogP contribution is 2.30. The van der Waals surface area contributed by atoms with Gasteiger partial charge in [0, 0.05) is 22.8 Å². The average Bonchev–Trinajstić information content (AvgIpc) is 2.34. The predicted molar refractivity (Wildman–Crippen MR) is 69.7 cm³/mol. The van der Waals surface area contributed by atoms with Crippen LogP contribution in [0.5, 0.6) is 5.75 Å². The Labute approximate surface area is 109 Å². The van der Waals surface area contributed by atoms with Gasteiger partial charge in [0.25, 0.3) is 0 Å². The van der Waals surface area contributed by atoms with Crippen LogP contribution in [0.2, 0.25) is 0 Å². The van der Waals surface area contributed by atoms with Gasteiger partial charge in [-0.2, -0.15) is 0 Å². The number of rotatable bonds is 7. The fourth-order valence-corrected chi connectivity index (χ4v) is 2.06. The van der Waals surface area contributed by atoms with E-state index in [1.807, 2.05) is 0 Å². The molecule has 1 amide bonds. The number of benzene rings is 1. The van der Waals surface area contributed by atoms with Gasteiger partial charge in [-0.25, -0.2) is 9.18 Å². The number of ether oxygens (including phenoxy) is 1. The molecule has 0 heterocycles. The Morgan fingerprint density at radius 2 is 2.33 bits per heavy atom. The van der Waals surface area contributed by atoms with E-state index < -0.39 is 11.7 Å². The summed E-state index contributed by atoms with van der Waals surface area (Å²) in [6.45, 7) is 3.86. The van der Waals surface area contributed by atoms with Gasteiger partial charge in [0.2, 0.25) is 6.61 Å². The summed E-state index contributed by atoms with van der Waals surface area (Å²) in [5.74, 6) is -0.202. The minimum atomic E-state index is -0.520. The molecule has 0 spiro atoms. The summed E-state index contributed by atoms with van der Waals surface area (Å²) in [6, 6.07) is 3.11. The highest BCUT2D eigenvalue weighted by molar-refractivity contribution is 7.99. The summed E-state index contributed by atoms with van der Waals surface area (Å²) in [6.07, 6.45) is 1.48. The number of hydrogen-bond donors (Lipinski definition) is 2. The molecule has 5 N–H and O–H groups in total. The summed E-state index contributed by atoms with van der Waals surface area (Å²) in [5, 5.41) is 0. The molecule has 0 aliphatic carbocycles. The number of thioether (sulfide) groups is 1. The number of carbonyl (C=O) groups excluding carboxylic acids is 1. The summed E-state index contributed by atoms with van der Waals surface area (Å²) >= 11 is 1.45. The number of carbonyl (C=O) groups is 1. The van der Waals surface area contributed by atoms with Gasteiger partial charge in [-0.15, -0.1) is 11.8 Å². The molecule has 0 saturated heterocycles. The molecule has 18 heavy (non-hydrogen) atoms. The first-order valence-corrected chi connectivity index (χ1v) is 6.33. The molecule has 0 aromatic heterocycles. The standard InChI is InChI=1S/C12H15FN2O2S/c1-2-8-5-9(18-4-3-14)6-10(13)12(8)17-7-11(15)16/h2,5-6H,1,3-4,7,14H2,(H2,15,16)/p+1. The predicted octanol–water partition coefficient (Wildman–Crippen LogP) is 0.667. The summed E-state index contributed by atoms with van der Waals surface area (Å²) in [5.41, 5.74) is 9.07. The number of hydrogen-bond acceptors (Lipinski definition) is 4. The molecular weight excluding hydrogens is 255 g/mol. The van der Waals surface area contributed by atoms with Crippen LogP contribution in [-0.2, 0) is 4.79 Å². The lowest BCUT2D eigenvalue weighted by Crippen LogP contribution is -2.59. The first-order valence-electron chi connectivity index (χ1n) is 5.35. The summed E-state index contributed by atoms with van der Waals surface area (Å²) in [7, 11) is 0. The van der Waals surface area contributed by atoms with Gasteiger partial charge in [0.1, 0.15) is 0 Å². The molecule has 0 saturated carbocycles. The molecule has 0 unspecified atom stereocenters. The van der Waals surface area contributed by atoms with Crippen LogP contribution >= 0.6 is 11.8 Å². The maximum atomic E-state index is 13.8. The molecule has 0 fully saturated rings. The van der Waals surface area contributed by atoms with Crippen molar-refractivity contribution in [2.45, 2.75) is 4.90 Å². The Hall–Kier alpha value is -1.37. The Bertz CT molecular complexity index is 452. The number of halogens is 1. The van der Waals surface area contributed by atoms with Gasteiger partial charge in [-0.05, 0) is 12.1 Å². The van der Waals surface area contributed by atoms with E-state index in [0.29, 0.717) is 17.9 Å². The maximum absolute atomic E-state index is 13.8. The largest absolute Gasteiger partial charge is 0.476 e. The Kier molecular flexibility index (Phi) is 5.84. The van der Waals surface area contributed by atoms with Crippen LogP contribution in [0.1, 0.15) is 5.56 Å². The van der Waals surface area contributed by atoms with Crippen LogP contribution in [0.25, 0.3) is 6.08 Å². The van der Waals surface area contributed by atoms with Crippen molar-refractivity contribution >= 4 is 23.7 Å². The molecule has 98 valence electrons. The lowest BCUT2D eigenvalue weighted by molar-refractivity contribution is -0.307. The van der Waals surface area contributed by atoms with Crippen LogP contribution in [0.3, 0.4) is 0 Å². The zero-order valence-corrected chi connectivity index (χ0v) is 10.8. The van der Waals surface area contributed by atoms with Gasteiger partial charge >= 0.3 is 5.91 Å². The smallest absolute Gasteiger partial charge is 0.346 e. The molecule has 1 aromatic carbocycles. The molecule has 4 nitrogen and oxygen atoms in total. The number of quaternary nitrogens is 1. The fraction of sp³-hybridized carbons (Fsp3) is 0.250. The SMILES string of the molecule is C=Cc1cc(SCCN)cc(F)c1OCC([NH3+])=O. The third kappa shape index (κ3) is 4.14. The number of amides is 1. The fourth-order valence-electron chi connectivity index (χ4n) is 1.31. The van der Waals surface area contributed by atoms with Gasteiger partial charge in [0.15, 0.2) is 11.6 Å². The van der Waals surface area contributed by atoms with Crippen LogP contribution in [-0.4, -0.2) is 24.8 Å². The van der Waals surface area contributed by atoms with Gasteiger partial charge in [-0.3, -0.25) is 5.73 Å². The van der Waals surface area contributed by atoms with E-state index in [4.69, 9.17) is 10.5 Å². The second kappa shape index (κ2) is 7.15. The van der Waals surface area contributed by atoms with Crippen LogP contribution in [0, 0.1) is 5.82 Å². The van der Waals surface area contributed by atoms with Crippen molar-refractivity contribution in [2.75, 3.05) is 18.9 Å². The van der Waals surface area contributed by atoms with Crippen molar-refractivity contribution in [2.24, 2.45) is 5.73 Å². The van der Waals surface area contributed by atoms with Crippen molar-refractivity contribution in [1.82, 2.24) is 0 Å². The molecular formula is C12H16FN2O2S+. The van der Waals surface area contributed by atoms with Crippen molar-refractivity contribution in [3.8, 4) is 5.75 Å². The summed E-state index contributed by atoms with van der Waals surface area (Å²) < 4.78 is 18.9. The zero-order valence-electron chi connectivity index (χ0n) is 9.95. The van der Waals surface area contributed by atoms with Crippen molar-refractivity contribution < 1.29 is 19.7 Å². The van der Waals surface area contributed by atoms with E-state index >= 15 is 0 Å². The van der Waals surface area contributed by atoms with E-state index in [9.17, 15) is 9.18 Å². The van der Waals surface area contributed by atoms with Crippen molar-refractivity contribution in [1.29, 1.82) is 0 Å². The Morgan fingerprint density at radius 1 is 1.61 bits per heavy atom. The van der Waals surface area contributed by atoms with E-state index in [2.05, 4.69) is 12.3 Å². The van der Waals surface area contributed by atoms with Gasteiger partial charge in [-0.1, -0.05) is 12.7 Å². The first-order chi connectivity index (χ1) is 8.58. The van der Waals surface area contributed by atoms with E-state index in [1.165, 1.54) is 23.9 Å². The topological polar surface area (TPSA) is 80.0 Å². The van der Waals surface area contributed by atoms with Gasteiger partial charge < -0.3 is 10.5 Å². The van der Waals surface area contributed by atoms with Crippen molar-refractivity contribution in [3.63, 3.8) is 0 Å². The quantitative estimate of drug-likeness (QED) is 0.714. The van der Waals surface area contributed by atoms with Crippen LogP contribution < -0.4 is 16.2 Å². The maximum Gasteiger partial charge on any atom is 0.346 e. The lowest BCUT2D eigenvalue weighted by Gasteiger charge is -2.10. The molecule has 0 aliphatic heterocycles. The summed E-state index contributed by atoms with van der Waals surface area (Å²) in [4.78, 5) is 11.5. The molecule has 0 bridgehead atoms. The lowest BCUT2D eigenvalue weighted by atomic mass is 10.2.